The first-order chi connectivity index (χ1) is 15.6. The van der Waals surface area contributed by atoms with Crippen LogP contribution in [0.2, 0.25) is 0 Å². The second-order valence-corrected chi connectivity index (χ2v) is 8.75. The number of aliphatic carboxylic acids is 1. The number of nitrogens with zero attached hydrogens (tertiary/aromatic N) is 2. The van der Waals surface area contributed by atoms with Gasteiger partial charge >= 0.3 is 5.97 Å². The highest BCUT2D eigenvalue weighted by Gasteiger charge is 2.41. The highest BCUT2D eigenvalue weighted by molar-refractivity contribution is 6.02. The summed E-state index contributed by atoms with van der Waals surface area (Å²) in [5.74, 6) is -2.64. The minimum Gasteiger partial charge on any atom is -0.478 e. The van der Waals surface area contributed by atoms with Crippen molar-refractivity contribution in [3.05, 3.63) is 62.5 Å². The maximum absolute atomic E-state index is 13.3. The Morgan fingerprint density at radius 1 is 1.09 bits per heavy atom. The number of allylic oxidation sites excluding steroid dienone is 2. The van der Waals surface area contributed by atoms with Crippen LogP contribution in [0.5, 0.6) is 0 Å². The first-order valence-corrected chi connectivity index (χ1v) is 11.6. The molecule has 1 aliphatic heterocycles. The number of nitro benzene ring substituents is 1. The SMILES string of the molecule is CCCCCCCN1C(C)=C(C(=O)O)C(c2ccccc2[N+](=O)[O-])C(C(=O)NC(C)C)=C1C. The van der Waals surface area contributed by atoms with E-state index < -0.39 is 22.7 Å². The lowest BCUT2D eigenvalue weighted by atomic mass is 9.78. The fraction of sp³-hybridized carbons (Fsp3) is 0.520. The molecule has 1 aliphatic rings. The second-order valence-electron chi connectivity index (χ2n) is 8.75. The molecule has 1 aromatic carbocycles. The molecule has 2 N–H and O–H groups in total. The molecule has 1 heterocycles. The van der Waals surface area contributed by atoms with Crippen LogP contribution < -0.4 is 5.32 Å². The highest BCUT2D eigenvalue weighted by Crippen LogP contribution is 2.44. The lowest BCUT2D eigenvalue weighted by Gasteiger charge is -2.38. The third kappa shape index (κ3) is 6.00. The third-order valence-electron chi connectivity index (χ3n) is 5.99. The molecule has 33 heavy (non-hydrogen) atoms. The number of carbonyl (C=O) groups is 2. The Balaban J connectivity index is 2.66. The van der Waals surface area contributed by atoms with Crippen LogP contribution in [0.4, 0.5) is 5.69 Å². The van der Waals surface area contributed by atoms with Gasteiger partial charge in [-0.3, -0.25) is 14.9 Å². The number of para-hydroxylation sites is 1. The van der Waals surface area contributed by atoms with E-state index in [0.717, 1.165) is 32.1 Å². The van der Waals surface area contributed by atoms with Gasteiger partial charge in [0.2, 0.25) is 5.91 Å². The average molecular weight is 458 g/mol. The molecule has 180 valence electrons. The Bertz CT molecular complexity index is 965. The zero-order valence-corrected chi connectivity index (χ0v) is 20.2. The Morgan fingerprint density at radius 2 is 1.70 bits per heavy atom. The van der Waals surface area contributed by atoms with E-state index in [1.54, 1.807) is 19.9 Å². The van der Waals surface area contributed by atoms with Crippen molar-refractivity contribution in [1.82, 2.24) is 10.2 Å². The van der Waals surface area contributed by atoms with Gasteiger partial charge in [-0.05, 0) is 34.1 Å². The summed E-state index contributed by atoms with van der Waals surface area (Å²) in [7, 11) is 0. The summed E-state index contributed by atoms with van der Waals surface area (Å²) in [6, 6.07) is 5.87. The normalized spacial score (nSPS) is 16.4. The molecule has 1 aromatic rings. The minimum absolute atomic E-state index is 0.00244. The summed E-state index contributed by atoms with van der Waals surface area (Å²) in [6.45, 7) is 9.89. The van der Waals surface area contributed by atoms with Crippen LogP contribution in [0.1, 0.15) is 78.2 Å². The zero-order valence-electron chi connectivity index (χ0n) is 20.2. The predicted octanol–water partition coefficient (Wildman–Crippen LogP) is 5.12. The third-order valence-corrected chi connectivity index (χ3v) is 5.99. The van der Waals surface area contributed by atoms with Gasteiger partial charge in [0.05, 0.1) is 16.4 Å². The molecule has 1 amide bonds. The van der Waals surface area contributed by atoms with Crippen LogP contribution in [0, 0.1) is 10.1 Å². The van der Waals surface area contributed by atoms with Crippen LogP contribution in [-0.2, 0) is 9.59 Å². The van der Waals surface area contributed by atoms with Gasteiger partial charge in [-0.25, -0.2) is 4.79 Å². The smallest absolute Gasteiger partial charge is 0.334 e. The number of carboxylic acid groups (broad SMARTS) is 1. The molecule has 0 fully saturated rings. The van der Waals surface area contributed by atoms with Crippen molar-refractivity contribution >= 4 is 17.6 Å². The molecule has 8 heteroatoms. The molecule has 0 aromatic heterocycles. The summed E-state index contributed by atoms with van der Waals surface area (Å²) < 4.78 is 0. The number of carbonyl (C=O) groups excluding carboxylic acids is 1. The van der Waals surface area contributed by atoms with Gasteiger partial charge in [0.1, 0.15) is 0 Å². The quantitative estimate of drug-likeness (QED) is 0.271. The van der Waals surface area contributed by atoms with Gasteiger partial charge < -0.3 is 15.3 Å². The van der Waals surface area contributed by atoms with E-state index in [9.17, 15) is 24.8 Å². The number of hydrogen-bond donors (Lipinski definition) is 2. The van der Waals surface area contributed by atoms with Crippen molar-refractivity contribution in [2.75, 3.05) is 6.54 Å². The van der Waals surface area contributed by atoms with Gasteiger partial charge in [-0.15, -0.1) is 0 Å². The van der Waals surface area contributed by atoms with E-state index in [1.807, 2.05) is 18.7 Å². The van der Waals surface area contributed by atoms with Crippen LogP contribution in [-0.4, -0.2) is 39.4 Å². The lowest BCUT2D eigenvalue weighted by Crippen LogP contribution is -2.40. The van der Waals surface area contributed by atoms with Crippen LogP contribution in [0.3, 0.4) is 0 Å². The van der Waals surface area contributed by atoms with Crippen molar-refractivity contribution in [2.24, 2.45) is 0 Å². The number of nitrogens with one attached hydrogen (secondary N) is 1. The number of benzene rings is 1. The molecule has 0 bridgehead atoms. The minimum atomic E-state index is -1.19. The molecule has 2 rings (SSSR count). The summed E-state index contributed by atoms with van der Waals surface area (Å²) in [5.41, 5.74) is 1.39. The van der Waals surface area contributed by atoms with Crippen LogP contribution in [0.15, 0.2) is 46.8 Å². The topological polar surface area (TPSA) is 113 Å². The van der Waals surface area contributed by atoms with Crippen molar-refractivity contribution in [3.8, 4) is 0 Å². The molecule has 1 atom stereocenters. The number of rotatable bonds is 11. The van der Waals surface area contributed by atoms with E-state index in [-0.39, 0.29) is 28.4 Å². The number of amides is 1. The maximum Gasteiger partial charge on any atom is 0.334 e. The number of unbranched alkanes of at least 4 members (excludes halogenated alkanes) is 4. The Morgan fingerprint density at radius 3 is 2.27 bits per heavy atom. The predicted molar refractivity (Wildman–Crippen MR) is 128 cm³/mol. The fourth-order valence-electron chi connectivity index (χ4n) is 4.44. The van der Waals surface area contributed by atoms with Crippen molar-refractivity contribution in [3.63, 3.8) is 0 Å². The van der Waals surface area contributed by atoms with Crippen LogP contribution in [0.25, 0.3) is 0 Å². The van der Waals surface area contributed by atoms with Crippen LogP contribution >= 0.6 is 0 Å². The first-order valence-electron chi connectivity index (χ1n) is 11.6. The van der Waals surface area contributed by atoms with E-state index >= 15 is 0 Å². The van der Waals surface area contributed by atoms with Crippen molar-refractivity contribution in [2.45, 2.75) is 78.7 Å². The standard InChI is InChI=1S/C25H35N3O5/c1-6-7-8-9-12-15-27-17(4)21(24(29)26-16(2)3)23(22(18(27)5)25(30)31)19-13-10-11-14-20(19)28(32)33/h10-11,13-14,16,23H,6-9,12,15H2,1-5H3,(H,26,29)(H,30,31). The Labute approximate surface area is 195 Å². The Hall–Kier alpha value is -3.16. The second kappa shape index (κ2) is 11.6. The molecule has 0 radical (unpaired) electrons. The van der Waals surface area contributed by atoms with Gasteiger partial charge in [-0.1, -0.05) is 50.8 Å². The molecule has 0 saturated heterocycles. The van der Waals surface area contributed by atoms with Gasteiger partial charge in [-0.2, -0.15) is 0 Å². The van der Waals surface area contributed by atoms with E-state index in [1.165, 1.54) is 18.2 Å². The molecule has 8 nitrogen and oxygen atoms in total. The molecule has 0 spiro atoms. The summed E-state index contributed by atoms with van der Waals surface area (Å²) >= 11 is 0. The molecule has 0 aliphatic carbocycles. The van der Waals surface area contributed by atoms with E-state index in [4.69, 9.17) is 0 Å². The van der Waals surface area contributed by atoms with Gasteiger partial charge in [0.15, 0.2) is 0 Å². The Kier molecular flexibility index (Phi) is 9.20. The maximum atomic E-state index is 13.3. The monoisotopic (exact) mass is 457 g/mol. The number of hydrogen-bond acceptors (Lipinski definition) is 5. The lowest BCUT2D eigenvalue weighted by molar-refractivity contribution is -0.385. The number of carboxylic acids is 1. The van der Waals surface area contributed by atoms with E-state index in [0.29, 0.717) is 17.9 Å². The average Bonchev–Trinajstić information content (AvgIpc) is 2.74. The first kappa shape index (κ1) is 26.1. The molecular formula is C25H35N3O5. The molecule has 0 saturated carbocycles. The van der Waals surface area contributed by atoms with Gasteiger partial charge in [0.25, 0.3) is 5.69 Å². The zero-order chi connectivity index (χ0) is 24.7. The molecule has 1 unspecified atom stereocenters. The highest BCUT2D eigenvalue weighted by atomic mass is 16.6. The fourth-order valence-corrected chi connectivity index (χ4v) is 4.44. The largest absolute Gasteiger partial charge is 0.478 e. The number of nitro groups is 1. The summed E-state index contributed by atoms with van der Waals surface area (Å²) in [6.07, 6.45) is 5.24. The summed E-state index contributed by atoms with van der Waals surface area (Å²) in [4.78, 5) is 38.9. The summed E-state index contributed by atoms with van der Waals surface area (Å²) in [5, 5.41) is 24.8. The van der Waals surface area contributed by atoms with Crippen molar-refractivity contribution < 1.29 is 19.6 Å². The van der Waals surface area contributed by atoms with E-state index in [2.05, 4.69) is 12.2 Å². The van der Waals surface area contributed by atoms with Crippen molar-refractivity contribution in [1.29, 1.82) is 0 Å². The van der Waals surface area contributed by atoms with Gasteiger partial charge in [0, 0.05) is 41.2 Å². The molecular weight excluding hydrogens is 422 g/mol.